The van der Waals surface area contributed by atoms with Crippen molar-refractivity contribution in [1.29, 1.82) is 0 Å². The van der Waals surface area contributed by atoms with Crippen LogP contribution in [0.15, 0.2) is 0 Å². The quantitative estimate of drug-likeness (QED) is 0.719. The molecule has 92 valence electrons. The topological polar surface area (TPSA) is 46.3 Å². The van der Waals surface area contributed by atoms with Gasteiger partial charge in [-0.1, -0.05) is 40.0 Å². The third-order valence-electron chi connectivity index (χ3n) is 3.11. The molecule has 0 rings (SSSR count). The highest BCUT2D eigenvalue weighted by molar-refractivity contribution is 5.82. The number of likely N-dealkylation sites (N-methyl/N-ethyl adjacent to an activating group) is 1. The van der Waals surface area contributed by atoms with Crippen molar-refractivity contribution in [2.45, 2.75) is 46.2 Å². The second kappa shape index (κ2) is 6.55. The lowest BCUT2D eigenvalue weighted by Crippen LogP contribution is -2.50. The third kappa shape index (κ3) is 3.53. The van der Waals surface area contributed by atoms with Crippen LogP contribution in [0.1, 0.15) is 34.1 Å². The Bertz CT molecular complexity index is 268. The van der Waals surface area contributed by atoms with E-state index in [-0.39, 0.29) is 23.8 Å². The van der Waals surface area contributed by atoms with Crippen molar-refractivity contribution in [2.75, 3.05) is 7.05 Å². The van der Waals surface area contributed by atoms with Crippen LogP contribution in [0.5, 0.6) is 0 Å². The van der Waals surface area contributed by atoms with Crippen LogP contribution in [-0.2, 0) is 4.79 Å². The molecule has 0 saturated heterocycles. The maximum absolute atomic E-state index is 12.1. The predicted octanol–water partition coefficient (Wildman–Crippen LogP) is 1.48. The van der Waals surface area contributed by atoms with E-state index in [1.54, 1.807) is 11.9 Å². The van der Waals surface area contributed by atoms with E-state index in [1.807, 2.05) is 27.7 Å². The Labute approximate surface area is 99.4 Å². The van der Waals surface area contributed by atoms with E-state index in [1.165, 1.54) is 0 Å². The van der Waals surface area contributed by atoms with Crippen LogP contribution in [0.3, 0.4) is 0 Å². The van der Waals surface area contributed by atoms with Gasteiger partial charge in [0, 0.05) is 7.05 Å². The third-order valence-corrected chi connectivity index (χ3v) is 3.11. The molecule has 0 aliphatic carbocycles. The molecule has 0 heterocycles. The van der Waals surface area contributed by atoms with Crippen LogP contribution in [0.4, 0.5) is 0 Å². The molecule has 3 nitrogen and oxygen atoms in total. The Morgan fingerprint density at radius 3 is 2.25 bits per heavy atom. The summed E-state index contributed by atoms with van der Waals surface area (Å²) in [4.78, 5) is 13.7. The number of hydrogen-bond acceptors (Lipinski definition) is 2. The minimum atomic E-state index is -0.454. The lowest BCUT2D eigenvalue weighted by molar-refractivity contribution is -0.134. The van der Waals surface area contributed by atoms with Gasteiger partial charge in [-0.15, -0.1) is 6.42 Å². The van der Waals surface area contributed by atoms with E-state index in [0.29, 0.717) is 0 Å². The molecule has 0 saturated carbocycles. The second-order valence-electron chi connectivity index (χ2n) is 4.72. The number of hydrogen-bond donors (Lipinski definition) is 1. The van der Waals surface area contributed by atoms with E-state index in [2.05, 4.69) is 5.92 Å². The molecule has 1 unspecified atom stereocenters. The van der Waals surface area contributed by atoms with Gasteiger partial charge in [0.25, 0.3) is 0 Å². The molecule has 16 heavy (non-hydrogen) atoms. The fourth-order valence-electron chi connectivity index (χ4n) is 1.62. The zero-order valence-electron chi connectivity index (χ0n) is 11.0. The van der Waals surface area contributed by atoms with E-state index in [9.17, 15) is 4.79 Å². The molecule has 0 aliphatic rings. The number of carbonyl (C=O) groups is 1. The van der Waals surface area contributed by atoms with Crippen LogP contribution in [0.25, 0.3) is 0 Å². The minimum Gasteiger partial charge on any atom is -0.330 e. The number of nitrogens with zero attached hydrogens (tertiary/aromatic N) is 1. The van der Waals surface area contributed by atoms with Gasteiger partial charge in [0.05, 0.1) is 12.1 Å². The van der Waals surface area contributed by atoms with Crippen molar-refractivity contribution in [3.63, 3.8) is 0 Å². The predicted molar refractivity (Wildman–Crippen MR) is 67.7 cm³/mol. The molecule has 0 aromatic carbocycles. The highest BCUT2D eigenvalue weighted by Crippen LogP contribution is 2.13. The average molecular weight is 224 g/mol. The molecule has 0 aliphatic heterocycles. The van der Waals surface area contributed by atoms with Gasteiger partial charge < -0.3 is 10.6 Å². The highest BCUT2D eigenvalue weighted by Gasteiger charge is 2.27. The first kappa shape index (κ1) is 15.0. The first-order valence-corrected chi connectivity index (χ1v) is 5.85. The summed E-state index contributed by atoms with van der Waals surface area (Å²) in [5.41, 5.74) is 5.91. The minimum absolute atomic E-state index is 0.0639. The van der Waals surface area contributed by atoms with Crippen LogP contribution < -0.4 is 5.73 Å². The molecule has 0 spiro atoms. The molecule has 0 fully saturated rings. The van der Waals surface area contributed by atoms with E-state index >= 15 is 0 Å². The van der Waals surface area contributed by atoms with Gasteiger partial charge >= 0.3 is 0 Å². The molecule has 0 bridgehead atoms. The first-order chi connectivity index (χ1) is 7.36. The summed E-state index contributed by atoms with van der Waals surface area (Å²) in [6.07, 6.45) is 6.33. The van der Waals surface area contributed by atoms with Crippen molar-refractivity contribution < 1.29 is 4.79 Å². The molecule has 0 aromatic heterocycles. The molecule has 2 N–H and O–H groups in total. The zero-order chi connectivity index (χ0) is 12.9. The van der Waals surface area contributed by atoms with Gasteiger partial charge in [-0.25, -0.2) is 0 Å². The van der Waals surface area contributed by atoms with E-state index < -0.39 is 6.04 Å². The number of carbonyl (C=O) groups excluding carboxylic acids is 1. The summed E-state index contributed by atoms with van der Waals surface area (Å²) in [5.74, 6) is 3.00. The lowest BCUT2D eigenvalue weighted by Gasteiger charge is -2.30. The molecule has 1 amide bonds. The Kier molecular flexibility index (Phi) is 6.13. The largest absolute Gasteiger partial charge is 0.330 e. The van der Waals surface area contributed by atoms with Crippen molar-refractivity contribution in [3.8, 4) is 12.3 Å². The van der Waals surface area contributed by atoms with Crippen molar-refractivity contribution in [3.05, 3.63) is 0 Å². The molecule has 0 aromatic rings. The van der Waals surface area contributed by atoms with Crippen LogP contribution >= 0.6 is 0 Å². The molecule has 3 heteroatoms. The van der Waals surface area contributed by atoms with Gasteiger partial charge in [-0.3, -0.25) is 4.79 Å². The Balaban J connectivity index is 4.67. The normalized spacial score (nSPS) is 16.4. The summed E-state index contributed by atoms with van der Waals surface area (Å²) in [7, 11) is 1.73. The maximum Gasteiger partial charge on any atom is 0.240 e. The summed E-state index contributed by atoms with van der Waals surface area (Å²) in [6.45, 7) is 8.02. The fraction of sp³-hybridized carbons (Fsp3) is 0.769. The van der Waals surface area contributed by atoms with Gasteiger partial charge in [0.15, 0.2) is 0 Å². The number of rotatable bonds is 5. The van der Waals surface area contributed by atoms with Gasteiger partial charge in [0.2, 0.25) is 5.91 Å². The van der Waals surface area contributed by atoms with Gasteiger partial charge in [-0.05, 0) is 11.8 Å². The monoisotopic (exact) mass is 224 g/mol. The number of nitrogens with two attached hydrogens (primary N) is 1. The van der Waals surface area contributed by atoms with E-state index in [4.69, 9.17) is 12.2 Å². The maximum atomic E-state index is 12.1. The summed E-state index contributed by atoms with van der Waals surface area (Å²) < 4.78 is 0. The molecular formula is C13H24N2O. The zero-order valence-corrected chi connectivity index (χ0v) is 11.0. The number of amides is 1. The Morgan fingerprint density at radius 2 is 1.94 bits per heavy atom. The highest BCUT2D eigenvalue weighted by atomic mass is 16.2. The Morgan fingerprint density at radius 1 is 1.44 bits per heavy atom. The molecule has 0 radical (unpaired) electrons. The summed E-state index contributed by atoms with van der Waals surface area (Å²) in [6, 6.07) is -0.632. The smallest absolute Gasteiger partial charge is 0.240 e. The molecular weight excluding hydrogens is 200 g/mol. The number of terminal acetylenes is 1. The van der Waals surface area contributed by atoms with Gasteiger partial charge in [0.1, 0.15) is 0 Å². The van der Waals surface area contributed by atoms with Gasteiger partial charge in [-0.2, -0.15) is 0 Å². The molecule has 3 atom stereocenters. The van der Waals surface area contributed by atoms with Crippen molar-refractivity contribution >= 4 is 5.91 Å². The fourth-order valence-corrected chi connectivity index (χ4v) is 1.62. The SMILES string of the molecule is C#CC(C(C)C)N(C)C(=O)[C@@H](N)[C@@H](C)CC. The summed E-state index contributed by atoms with van der Waals surface area (Å²) in [5, 5.41) is 0. The van der Waals surface area contributed by atoms with Crippen LogP contribution in [0, 0.1) is 24.2 Å². The summed E-state index contributed by atoms with van der Waals surface area (Å²) >= 11 is 0. The Hall–Kier alpha value is -1.01. The van der Waals surface area contributed by atoms with Crippen LogP contribution in [-0.4, -0.2) is 29.9 Å². The van der Waals surface area contributed by atoms with Crippen LogP contribution in [0.2, 0.25) is 0 Å². The second-order valence-corrected chi connectivity index (χ2v) is 4.72. The first-order valence-electron chi connectivity index (χ1n) is 5.85. The van der Waals surface area contributed by atoms with Crippen molar-refractivity contribution in [1.82, 2.24) is 4.90 Å². The van der Waals surface area contributed by atoms with Crippen molar-refractivity contribution in [2.24, 2.45) is 17.6 Å². The lowest BCUT2D eigenvalue weighted by atomic mass is 9.97. The average Bonchev–Trinajstić information content (AvgIpc) is 2.26. The van der Waals surface area contributed by atoms with E-state index in [0.717, 1.165) is 6.42 Å². The standard InChI is InChI=1S/C13H24N2O/c1-7-10(5)12(14)13(16)15(6)11(8-2)9(3)4/h2,9-12H,7,14H2,1,3-6H3/t10-,11?,12-/m0/s1.